The van der Waals surface area contributed by atoms with Gasteiger partial charge >= 0.3 is 0 Å². The minimum Gasteiger partial charge on any atom is -0.347 e. The van der Waals surface area contributed by atoms with Crippen molar-refractivity contribution in [3.63, 3.8) is 0 Å². The van der Waals surface area contributed by atoms with Crippen LogP contribution in [0.4, 0.5) is 0 Å². The summed E-state index contributed by atoms with van der Waals surface area (Å²) in [5.41, 5.74) is 3.40. The number of carbonyl (C=O) groups is 1. The van der Waals surface area contributed by atoms with Crippen LogP contribution >= 0.6 is 0 Å². The first-order chi connectivity index (χ1) is 12.2. The van der Waals surface area contributed by atoms with Crippen molar-refractivity contribution in [2.24, 2.45) is 5.92 Å². The van der Waals surface area contributed by atoms with Gasteiger partial charge in [0.05, 0.1) is 24.3 Å². The summed E-state index contributed by atoms with van der Waals surface area (Å²) < 4.78 is 0. The van der Waals surface area contributed by atoms with E-state index in [9.17, 15) is 4.79 Å². The molecule has 1 unspecified atom stereocenters. The highest BCUT2D eigenvalue weighted by molar-refractivity contribution is 5.77. The number of aromatic nitrogens is 2. The fraction of sp³-hybridized carbons (Fsp3) is 0.500. The van der Waals surface area contributed by atoms with Crippen molar-refractivity contribution in [1.82, 2.24) is 19.8 Å². The number of rotatable bonds is 3. The van der Waals surface area contributed by atoms with Gasteiger partial charge in [0.2, 0.25) is 5.91 Å². The summed E-state index contributed by atoms with van der Waals surface area (Å²) in [5.74, 6) is 0.982. The van der Waals surface area contributed by atoms with Crippen LogP contribution in [0.5, 0.6) is 0 Å². The largest absolute Gasteiger partial charge is 0.347 e. The molecule has 1 amide bonds. The van der Waals surface area contributed by atoms with E-state index in [4.69, 9.17) is 0 Å². The smallest absolute Gasteiger partial charge is 0.223 e. The van der Waals surface area contributed by atoms with E-state index in [1.165, 1.54) is 5.56 Å². The van der Waals surface area contributed by atoms with Crippen molar-refractivity contribution in [1.29, 1.82) is 0 Å². The van der Waals surface area contributed by atoms with E-state index in [2.05, 4.69) is 46.2 Å². The topological polar surface area (TPSA) is 52.2 Å². The van der Waals surface area contributed by atoms with Crippen molar-refractivity contribution >= 4 is 5.91 Å². The van der Waals surface area contributed by atoms with Crippen LogP contribution in [0.2, 0.25) is 0 Å². The molecular formula is C20H26N4O. The van der Waals surface area contributed by atoms with Crippen LogP contribution in [-0.2, 0) is 11.3 Å². The fourth-order valence-corrected chi connectivity index (χ4v) is 4.10. The molecule has 2 aliphatic rings. The first-order valence-corrected chi connectivity index (χ1v) is 9.24. The summed E-state index contributed by atoms with van der Waals surface area (Å²) >= 11 is 0. The van der Waals surface area contributed by atoms with Gasteiger partial charge in [-0.2, -0.15) is 0 Å². The van der Waals surface area contributed by atoms with Gasteiger partial charge in [-0.15, -0.1) is 0 Å². The van der Waals surface area contributed by atoms with Gasteiger partial charge in [0.25, 0.3) is 0 Å². The standard InChI is InChI=1S/C20H26N4O/c1-23-9-7-15(8-10-23)11-19(25)24-12-17(16-5-3-2-4-6-16)20-18(13-24)21-14-22-20/h2-6,14-15,17H,7-13H2,1H3,(H,21,22). The molecule has 1 fully saturated rings. The Hall–Kier alpha value is -2.14. The van der Waals surface area contributed by atoms with Crippen LogP contribution in [-0.4, -0.2) is 52.4 Å². The highest BCUT2D eigenvalue weighted by Gasteiger charge is 2.32. The van der Waals surface area contributed by atoms with Crippen molar-refractivity contribution < 1.29 is 4.79 Å². The van der Waals surface area contributed by atoms with E-state index in [1.807, 2.05) is 11.0 Å². The first-order valence-electron chi connectivity index (χ1n) is 9.24. The zero-order chi connectivity index (χ0) is 17.2. The van der Waals surface area contributed by atoms with Gasteiger partial charge in [-0.1, -0.05) is 30.3 Å². The lowest BCUT2D eigenvalue weighted by Gasteiger charge is -2.34. The van der Waals surface area contributed by atoms with Gasteiger partial charge in [-0.05, 0) is 44.5 Å². The third-order valence-electron chi connectivity index (χ3n) is 5.69. The molecule has 1 aromatic carbocycles. The SMILES string of the molecule is CN1CCC(CC(=O)N2Cc3[nH]cnc3C(c3ccccc3)C2)CC1. The number of piperidine rings is 1. The van der Waals surface area contributed by atoms with Crippen LogP contribution in [0.1, 0.15) is 42.1 Å². The average Bonchev–Trinajstić information content (AvgIpc) is 3.12. The van der Waals surface area contributed by atoms with Gasteiger partial charge < -0.3 is 14.8 Å². The Bertz CT molecular complexity index is 718. The van der Waals surface area contributed by atoms with Crippen LogP contribution in [0, 0.1) is 5.92 Å². The van der Waals surface area contributed by atoms with Gasteiger partial charge in [-0.25, -0.2) is 4.98 Å². The molecule has 1 N–H and O–H groups in total. The Morgan fingerprint density at radius 2 is 2.00 bits per heavy atom. The summed E-state index contributed by atoms with van der Waals surface area (Å²) in [6.45, 7) is 3.60. The summed E-state index contributed by atoms with van der Waals surface area (Å²) in [4.78, 5) is 25.1. The molecule has 3 heterocycles. The molecule has 5 nitrogen and oxygen atoms in total. The van der Waals surface area contributed by atoms with Crippen molar-refractivity contribution in [2.75, 3.05) is 26.7 Å². The summed E-state index contributed by atoms with van der Waals surface area (Å²) in [6.07, 6.45) is 4.70. The highest BCUT2D eigenvalue weighted by Crippen LogP contribution is 2.32. The molecule has 0 radical (unpaired) electrons. The molecule has 1 aromatic heterocycles. The van der Waals surface area contributed by atoms with Gasteiger partial charge in [0.15, 0.2) is 0 Å². The lowest BCUT2D eigenvalue weighted by atomic mass is 9.89. The molecule has 0 bridgehead atoms. The number of hydrogen-bond acceptors (Lipinski definition) is 3. The minimum absolute atomic E-state index is 0.164. The normalized spacial score (nSPS) is 22.0. The van der Waals surface area contributed by atoms with Crippen LogP contribution in [0.15, 0.2) is 36.7 Å². The number of imidazole rings is 1. The predicted molar refractivity (Wildman–Crippen MR) is 97.1 cm³/mol. The van der Waals surface area contributed by atoms with E-state index in [-0.39, 0.29) is 11.8 Å². The number of H-pyrrole nitrogens is 1. The molecule has 0 spiro atoms. The first kappa shape index (κ1) is 16.3. The van der Waals surface area contributed by atoms with Gasteiger partial charge in [-0.3, -0.25) is 4.79 Å². The Kier molecular flexibility index (Phi) is 4.57. The zero-order valence-electron chi connectivity index (χ0n) is 14.8. The Balaban J connectivity index is 1.49. The van der Waals surface area contributed by atoms with Crippen molar-refractivity contribution in [3.8, 4) is 0 Å². The predicted octanol–water partition coefficient (Wildman–Crippen LogP) is 2.62. The molecule has 132 valence electrons. The fourth-order valence-electron chi connectivity index (χ4n) is 4.10. The summed E-state index contributed by atoms with van der Waals surface area (Å²) in [6, 6.07) is 10.4. The number of likely N-dealkylation sites (tertiary alicyclic amines) is 1. The maximum Gasteiger partial charge on any atom is 0.223 e. The zero-order valence-corrected chi connectivity index (χ0v) is 14.8. The van der Waals surface area contributed by atoms with E-state index >= 15 is 0 Å². The molecule has 1 atom stereocenters. The second-order valence-corrected chi connectivity index (χ2v) is 7.45. The summed E-state index contributed by atoms with van der Waals surface area (Å²) in [5, 5.41) is 0. The second-order valence-electron chi connectivity index (χ2n) is 7.45. The lowest BCUT2D eigenvalue weighted by Crippen LogP contribution is -2.40. The molecular weight excluding hydrogens is 312 g/mol. The molecule has 2 aliphatic heterocycles. The van der Waals surface area contributed by atoms with Crippen molar-refractivity contribution in [3.05, 3.63) is 53.6 Å². The molecule has 4 rings (SSSR count). The maximum atomic E-state index is 12.9. The molecule has 25 heavy (non-hydrogen) atoms. The number of aromatic amines is 1. The van der Waals surface area contributed by atoms with Crippen LogP contribution < -0.4 is 0 Å². The van der Waals surface area contributed by atoms with Crippen LogP contribution in [0.25, 0.3) is 0 Å². The quantitative estimate of drug-likeness (QED) is 0.936. The Morgan fingerprint density at radius 1 is 1.24 bits per heavy atom. The maximum absolute atomic E-state index is 12.9. The molecule has 2 aromatic rings. The third-order valence-corrected chi connectivity index (χ3v) is 5.69. The number of amides is 1. The van der Waals surface area contributed by atoms with E-state index in [1.54, 1.807) is 6.33 Å². The number of nitrogens with zero attached hydrogens (tertiary/aromatic N) is 3. The Morgan fingerprint density at radius 3 is 2.76 bits per heavy atom. The number of carbonyl (C=O) groups excluding carboxylic acids is 1. The lowest BCUT2D eigenvalue weighted by molar-refractivity contribution is -0.133. The minimum atomic E-state index is 0.164. The summed E-state index contributed by atoms with van der Waals surface area (Å²) in [7, 11) is 2.16. The number of nitrogens with one attached hydrogen (secondary N) is 1. The van der Waals surface area contributed by atoms with Gasteiger partial charge in [0.1, 0.15) is 0 Å². The highest BCUT2D eigenvalue weighted by atomic mass is 16.2. The molecule has 5 heteroatoms. The van der Waals surface area contributed by atoms with Gasteiger partial charge in [0, 0.05) is 18.9 Å². The van der Waals surface area contributed by atoms with Crippen molar-refractivity contribution in [2.45, 2.75) is 31.7 Å². The third kappa shape index (κ3) is 3.47. The van der Waals surface area contributed by atoms with E-state index in [0.717, 1.165) is 43.9 Å². The number of hydrogen-bond donors (Lipinski definition) is 1. The van der Waals surface area contributed by atoms with Crippen LogP contribution in [0.3, 0.4) is 0 Å². The number of fused-ring (bicyclic) bond motifs is 1. The molecule has 0 saturated carbocycles. The Labute approximate surface area is 149 Å². The second kappa shape index (κ2) is 7.00. The monoisotopic (exact) mass is 338 g/mol. The average molecular weight is 338 g/mol. The molecule has 0 aliphatic carbocycles. The van der Waals surface area contributed by atoms with E-state index in [0.29, 0.717) is 18.9 Å². The number of benzene rings is 1. The van der Waals surface area contributed by atoms with E-state index < -0.39 is 0 Å². The molecule has 1 saturated heterocycles.